The van der Waals surface area contributed by atoms with Crippen LogP contribution in [0.5, 0.6) is 0 Å². The first-order valence-corrected chi connectivity index (χ1v) is 11.3. The van der Waals surface area contributed by atoms with Crippen LogP contribution in [0.25, 0.3) is 0 Å². The highest BCUT2D eigenvalue weighted by molar-refractivity contribution is 6.43. The van der Waals surface area contributed by atoms with Crippen molar-refractivity contribution in [1.82, 2.24) is 5.01 Å². The average molecular weight is 453 g/mol. The molecule has 2 aliphatic heterocycles. The second-order valence-corrected chi connectivity index (χ2v) is 8.35. The Morgan fingerprint density at radius 2 is 1.59 bits per heavy atom. The molecule has 0 radical (unpaired) electrons. The van der Waals surface area contributed by atoms with Crippen LogP contribution in [0, 0.1) is 0 Å². The van der Waals surface area contributed by atoms with E-state index in [-0.39, 0.29) is 24.1 Å². The van der Waals surface area contributed by atoms with Crippen molar-refractivity contribution in [1.29, 1.82) is 0 Å². The molecule has 5 rings (SSSR count). The molecule has 2 heterocycles. The monoisotopic (exact) mass is 452 g/mol. The van der Waals surface area contributed by atoms with Crippen LogP contribution in [0.3, 0.4) is 0 Å². The van der Waals surface area contributed by atoms with Crippen LogP contribution >= 0.6 is 0 Å². The number of rotatable bonds is 5. The molecule has 1 N–H and O–H groups in total. The Hall–Kier alpha value is -4.26. The minimum Gasteiger partial charge on any atom is -0.321 e. The Morgan fingerprint density at radius 3 is 2.38 bits per heavy atom. The van der Waals surface area contributed by atoms with E-state index >= 15 is 0 Å². The maximum absolute atomic E-state index is 13.0. The molecule has 0 fully saturated rings. The van der Waals surface area contributed by atoms with E-state index in [9.17, 15) is 14.4 Å². The van der Waals surface area contributed by atoms with Gasteiger partial charge in [-0.1, -0.05) is 48.5 Å². The first-order chi connectivity index (χ1) is 16.6. The van der Waals surface area contributed by atoms with Gasteiger partial charge in [-0.25, -0.2) is 5.01 Å². The van der Waals surface area contributed by atoms with Gasteiger partial charge in [-0.3, -0.25) is 14.4 Å². The SMILES string of the molecule is O=C(Nc1ccc(C(=O)N2CCc3ccccc32)cc1)C1=NN(Cc2ccccc2)C(=O)CC1. The minimum absolute atomic E-state index is 0.0606. The van der Waals surface area contributed by atoms with E-state index in [2.05, 4.69) is 10.4 Å². The van der Waals surface area contributed by atoms with Gasteiger partial charge in [0, 0.05) is 36.3 Å². The number of hydrogen-bond donors (Lipinski definition) is 1. The number of hydrogen-bond acceptors (Lipinski definition) is 4. The summed E-state index contributed by atoms with van der Waals surface area (Å²) in [7, 11) is 0. The number of fused-ring (bicyclic) bond motifs is 1. The molecule has 3 aromatic rings. The lowest BCUT2D eigenvalue weighted by molar-refractivity contribution is -0.132. The minimum atomic E-state index is -0.349. The van der Waals surface area contributed by atoms with Crippen LogP contribution in [-0.4, -0.2) is 35.0 Å². The van der Waals surface area contributed by atoms with Crippen molar-refractivity contribution in [2.75, 3.05) is 16.8 Å². The molecule has 7 nitrogen and oxygen atoms in total. The van der Waals surface area contributed by atoms with Gasteiger partial charge in [-0.2, -0.15) is 5.10 Å². The summed E-state index contributed by atoms with van der Waals surface area (Å²) in [6, 6.07) is 24.3. The second kappa shape index (κ2) is 9.31. The first-order valence-electron chi connectivity index (χ1n) is 11.3. The van der Waals surface area contributed by atoms with Gasteiger partial charge in [0.25, 0.3) is 11.8 Å². The topological polar surface area (TPSA) is 82.1 Å². The van der Waals surface area contributed by atoms with Crippen molar-refractivity contribution < 1.29 is 14.4 Å². The molecule has 3 aromatic carbocycles. The number of anilines is 2. The number of carbonyl (C=O) groups excluding carboxylic acids is 3. The van der Waals surface area contributed by atoms with Gasteiger partial charge in [-0.05, 0) is 47.9 Å². The molecule has 0 atom stereocenters. The molecule has 34 heavy (non-hydrogen) atoms. The lowest BCUT2D eigenvalue weighted by Gasteiger charge is -2.23. The molecule has 170 valence electrons. The van der Waals surface area contributed by atoms with E-state index in [1.807, 2.05) is 54.6 Å². The molecular formula is C27H24N4O3. The van der Waals surface area contributed by atoms with Crippen LogP contribution in [0.15, 0.2) is 84.0 Å². The zero-order valence-corrected chi connectivity index (χ0v) is 18.6. The van der Waals surface area contributed by atoms with Crippen LogP contribution in [0.2, 0.25) is 0 Å². The predicted molar refractivity (Wildman–Crippen MR) is 131 cm³/mol. The van der Waals surface area contributed by atoms with E-state index in [0.717, 1.165) is 17.7 Å². The number of benzene rings is 3. The molecule has 0 aliphatic carbocycles. The third kappa shape index (κ3) is 4.45. The van der Waals surface area contributed by atoms with Gasteiger partial charge < -0.3 is 10.2 Å². The van der Waals surface area contributed by atoms with Gasteiger partial charge in [-0.15, -0.1) is 0 Å². The van der Waals surface area contributed by atoms with Gasteiger partial charge in [0.05, 0.1) is 6.54 Å². The summed E-state index contributed by atoms with van der Waals surface area (Å²) in [4.78, 5) is 39.8. The lowest BCUT2D eigenvalue weighted by Crippen LogP contribution is -2.36. The molecule has 0 bridgehead atoms. The third-order valence-corrected chi connectivity index (χ3v) is 6.06. The smallest absolute Gasteiger partial charge is 0.271 e. The Labute approximate surface area is 197 Å². The van der Waals surface area contributed by atoms with Gasteiger partial charge in [0.1, 0.15) is 5.71 Å². The fourth-order valence-corrected chi connectivity index (χ4v) is 4.25. The van der Waals surface area contributed by atoms with Crippen LogP contribution in [0.4, 0.5) is 11.4 Å². The zero-order chi connectivity index (χ0) is 23.5. The zero-order valence-electron chi connectivity index (χ0n) is 18.6. The summed E-state index contributed by atoms with van der Waals surface area (Å²) in [5.41, 5.74) is 4.51. The fourth-order valence-electron chi connectivity index (χ4n) is 4.25. The summed E-state index contributed by atoms with van der Waals surface area (Å²) in [6.07, 6.45) is 1.38. The number of amides is 3. The second-order valence-electron chi connectivity index (χ2n) is 8.35. The maximum Gasteiger partial charge on any atom is 0.271 e. The van der Waals surface area contributed by atoms with Crippen molar-refractivity contribution in [2.24, 2.45) is 5.10 Å². The summed E-state index contributed by atoms with van der Waals surface area (Å²) in [5, 5.41) is 8.48. The number of para-hydroxylation sites is 1. The first kappa shape index (κ1) is 21.6. The van der Waals surface area contributed by atoms with Gasteiger partial charge >= 0.3 is 0 Å². The number of carbonyl (C=O) groups is 3. The Morgan fingerprint density at radius 1 is 0.853 bits per heavy atom. The van der Waals surface area contributed by atoms with Crippen molar-refractivity contribution in [2.45, 2.75) is 25.8 Å². The van der Waals surface area contributed by atoms with Crippen molar-refractivity contribution >= 4 is 34.8 Å². The molecular weight excluding hydrogens is 428 g/mol. The highest BCUT2D eigenvalue weighted by Crippen LogP contribution is 2.29. The van der Waals surface area contributed by atoms with Crippen molar-refractivity contribution in [3.63, 3.8) is 0 Å². The predicted octanol–water partition coefficient (Wildman–Crippen LogP) is 4.01. The number of nitrogens with one attached hydrogen (secondary N) is 1. The Kier molecular flexibility index (Phi) is 5.91. The number of nitrogens with zero attached hydrogens (tertiary/aromatic N) is 3. The number of hydrazone groups is 1. The van der Waals surface area contributed by atoms with Gasteiger partial charge in [0.15, 0.2) is 0 Å². The molecule has 7 heteroatoms. The summed E-state index contributed by atoms with van der Waals surface area (Å²) >= 11 is 0. The molecule has 2 aliphatic rings. The lowest BCUT2D eigenvalue weighted by atomic mass is 10.1. The van der Waals surface area contributed by atoms with Crippen LogP contribution in [0.1, 0.15) is 34.3 Å². The van der Waals surface area contributed by atoms with Crippen molar-refractivity contribution in [3.05, 3.63) is 95.6 Å². The molecule has 0 spiro atoms. The van der Waals surface area contributed by atoms with E-state index < -0.39 is 0 Å². The fraction of sp³-hybridized carbons (Fsp3) is 0.185. The Bertz CT molecular complexity index is 1270. The summed E-state index contributed by atoms with van der Waals surface area (Å²) < 4.78 is 0. The van der Waals surface area contributed by atoms with E-state index in [0.29, 0.717) is 36.5 Å². The summed E-state index contributed by atoms with van der Waals surface area (Å²) in [5.74, 6) is -0.514. The Balaban J connectivity index is 1.25. The highest BCUT2D eigenvalue weighted by Gasteiger charge is 2.26. The molecule has 0 saturated carbocycles. The largest absolute Gasteiger partial charge is 0.321 e. The van der Waals surface area contributed by atoms with E-state index in [1.54, 1.807) is 29.2 Å². The third-order valence-electron chi connectivity index (χ3n) is 6.06. The maximum atomic E-state index is 13.0. The quantitative estimate of drug-likeness (QED) is 0.635. The highest BCUT2D eigenvalue weighted by atomic mass is 16.2. The summed E-state index contributed by atoms with van der Waals surface area (Å²) in [6.45, 7) is 0.988. The molecule has 0 unspecified atom stereocenters. The van der Waals surface area contributed by atoms with E-state index in [1.165, 1.54) is 10.6 Å². The van der Waals surface area contributed by atoms with Crippen molar-refractivity contribution in [3.8, 4) is 0 Å². The van der Waals surface area contributed by atoms with Crippen LogP contribution in [-0.2, 0) is 22.6 Å². The molecule has 3 amide bonds. The normalized spacial score (nSPS) is 15.1. The van der Waals surface area contributed by atoms with Crippen LogP contribution < -0.4 is 10.2 Å². The molecule has 0 saturated heterocycles. The average Bonchev–Trinajstić information content (AvgIpc) is 3.30. The molecule has 0 aromatic heterocycles. The van der Waals surface area contributed by atoms with E-state index in [4.69, 9.17) is 0 Å². The van der Waals surface area contributed by atoms with Gasteiger partial charge in [0.2, 0.25) is 5.91 Å². The standard InChI is InChI=1S/C27H24N4O3/c32-25-15-14-23(29-31(25)18-19-6-2-1-3-7-19)26(33)28-22-12-10-21(11-13-22)27(34)30-17-16-20-8-4-5-9-24(20)30/h1-13H,14-18H2,(H,28,33).